The summed E-state index contributed by atoms with van der Waals surface area (Å²) >= 11 is 0. The number of halogens is 1. The Hall–Kier alpha value is -1.56. The molecule has 3 aliphatic heterocycles. The third-order valence-electron chi connectivity index (χ3n) is 6.57. The highest BCUT2D eigenvalue weighted by Crippen LogP contribution is 2.38. The van der Waals surface area contributed by atoms with Crippen molar-refractivity contribution in [1.82, 2.24) is 20.0 Å². The number of likely N-dealkylation sites (tertiary alicyclic amines) is 2. The molecule has 0 aromatic carbocycles. The maximum absolute atomic E-state index is 12.6. The lowest BCUT2D eigenvalue weighted by atomic mass is 10.0. The minimum atomic E-state index is -0.248. The summed E-state index contributed by atoms with van der Waals surface area (Å²) in [6.45, 7) is 5.33. The lowest BCUT2D eigenvalue weighted by molar-refractivity contribution is -0.130. The molecule has 28 heavy (non-hydrogen) atoms. The molecule has 3 heterocycles. The Morgan fingerprint density at radius 2 is 1.75 bits per heavy atom. The van der Waals surface area contributed by atoms with E-state index in [9.17, 15) is 9.59 Å². The maximum atomic E-state index is 12.6. The molecule has 156 valence electrons. The van der Waals surface area contributed by atoms with E-state index >= 15 is 0 Å². The molecule has 1 N–H and O–H groups in total. The van der Waals surface area contributed by atoms with E-state index in [-0.39, 0.29) is 30.4 Å². The van der Waals surface area contributed by atoms with Crippen LogP contribution in [0, 0.1) is 23.2 Å². The number of nitriles is 1. The van der Waals surface area contributed by atoms with E-state index in [1.165, 1.54) is 0 Å². The number of hydrogen-bond donors (Lipinski definition) is 1. The van der Waals surface area contributed by atoms with Crippen LogP contribution in [0.3, 0.4) is 0 Å². The smallest absolute Gasteiger partial charge is 0.320 e. The average molecular weight is 412 g/mol. The van der Waals surface area contributed by atoms with Crippen molar-refractivity contribution in [2.75, 3.05) is 52.5 Å². The Kier molecular flexibility index (Phi) is 7.02. The summed E-state index contributed by atoms with van der Waals surface area (Å²) < 4.78 is 5.33. The van der Waals surface area contributed by atoms with Crippen LogP contribution in [0.4, 0.5) is 4.79 Å². The van der Waals surface area contributed by atoms with Crippen LogP contribution in [0.15, 0.2) is 0 Å². The fraction of sp³-hybridized carbons (Fsp3) is 0.842. The number of nitrogens with zero attached hydrogens (tertiary/aromatic N) is 4. The van der Waals surface area contributed by atoms with Gasteiger partial charge in [0.25, 0.3) is 0 Å². The quantitative estimate of drug-likeness (QED) is 0.737. The number of amides is 3. The standard InChI is InChI=1S/C19H29N5O3.ClH/c20-10-17-2-1-3-24(17)18(25)11-21-16-8-14-12-23(13-15(14)9-16)19(26)22-4-6-27-7-5-22;/h14-17,21H,1-9,11-13H2;1H/t14-,15+,16?,17-;/m0./s1. The van der Waals surface area contributed by atoms with Crippen LogP contribution in [-0.2, 0) is 9.53 Å². The Morgan fingerprint density at radius 3 is 2.39 bits per heavy atom. The minimum Gasteiger partial charge on any atom is -0.378 e. The predicted octanol–water partition coefficient (Wildman–Crippen LogP) is 0.675. The van der Waals surface area contributed by atoms with E-state index in [0.717, 1.165) is 38.8 Å². The first-order valence-electron chi connectivity index (χ1n) is 10.2. The third-order valence-corrected chi connectivity index (χ3v) is 6.57. The molecule has 0 spiro atoms. The van der Waals surface area contributed by atoms with Crippen molar-refractivity contribution in [2.24, 2.45) is 11.8 Å². The molecule has 1 unspecified atom stereocenters. The summed E-state index contributed by atoms with van der Waals surface area (Å²) in [7, 11) is 0. The van der Waals surface area contributed by atoms with Gasteiger partial charge >= 0.3 is 6.03 Å². The van der Waals surface area contributed by atoms with Crippen molar-refractivity contribution in [3.63, 3.8) is 0 Å². The van der Waals surface area contributed by atoms with Gasteiger partial charge in [-0.15, -0.1) is 12.4 Å². The second-order valence-electron chi connectivity index (χ2n) is 8.23. The number of carbonyl (C=O) groups is 2. The molecule has 0 radical (unpaired) electrons. The highest BCUT2D eigenvalue weighted by atomic mass is 35.5. The van der Waals surface area contributed by atoms with Crippen LogP contribution < -0.4 is 5.32 Å². The highest BCUT2D eigenvalue weighted by Gasteiger charge is 2.43. The SMILES string of the molecule is Cl.N#C[C@@H]1CCCN1C(=O)CNC1C[C@@H]2CN(C(=O)N3CCOCC3)C[C@@H]2C1. The van der Waals surface area contributed by atoms with E-state index in [0.29, 0.717) is 57.3 Å². The van der Waals surface area contributed by atoms with Crippen molar-refractivity contribution >= 4 is 24.3 Å². The Morgan fingerprint density at radius 1 is 1.07 bits per heavy atom. The van der Waals surface area contributed by atoms with E-state index in [2.05, 4.69) is 11.4 Å². The zero-order valence-corrected chi connectivity index (χ0v) is 17.0. The molecule has 1 aliphatic carbocycles. The number of urea groups is 1. The minimum absolute atomic E-state index is 0. The molecule has 3 saturated heterocycles. The lowest BCUT2D eigenvalue weighted by Gasteiger charge is -2.31. The van der Waals surface area contributed by atoms with Gasteiger partial charge in [-0.1, -0.05) is 0 Å². The fourth-order valence-electron chi connectivity index (χ4n) is 5.11. The second kappa shape index (κ2) is 9.29. The summed E-state index contributed by atoms with van der Waals surface area (Å²) in [5.41, 5.74) is 0. The zero-order chi connectivity index (χ0) is 18.8. The van der Waals surface area contributed by atoms with Gasteiger partial charge in [0, 0.05) is 38.8 Å². The van der Waals surface area contributed by atoms with Gasteiger partial charge in [-0.25, -0.2) is 4.79 Å². The number of ether oxygens (including phenoxy) is 1. The number of nitrogens with one attached hydrogen (secondary N) is 1. The van der Waals surface area contributed by atoms with Crippen molar-refractivity contribution in [2.45, 2.75) is 37.8 Å². The molecule has 9 heteroatoms. The Labute approximate surface area is 172 Å². The molecule has 4 fully saturated rings. The van der Waals surface area contributed by atoms with Crippen molar-refractivity contribution in [3.05, 3.63) is 0 Å². The van der Waals surface area contributed by atoms with Crippen LogP contribution in [0.2, 0.25) is 0 Å². The van der Waals surface area contributed by atoms with Gasteiger partial charge in [-0.3, -0.25) is 4.79 Å². The molecule has 1 saturated carbocycles. The van der Waals surface area contributed by atoms with E-state index in [4.69, 9.17) is 10.00 Å². The van der Waals surface area contributed by atoms with Crippen LogP contribution in [0.25, 0.3) is 0 Å². The van der Waals surface area contributed by atoms with Crippen LogP contribution in [-0.4, -0.2) is 91.2 Å². The van der Waals surface area contributed by atoms with Gasteiger partial charge in [0.1, 0.15) is 6.04 Å². The number of fused-ring (bicyclic) bond motifs is 1. The molecular weight excluding hydrogens is 382 g/mol. The molecule has 4 rings (SSSR count). The summed E-state index contributed by atoms with van der Waals surface area (Å²) in [4.78, 5) is 30.6. The fourth-order valence-corrected chi connectivity index (χ4v) is 5.11. The topological polar surface area (TPSA) is 88.9 Å². The van der Waals surface area contributed by atoms with Crippen molar-refractivity contribution in [1.29, 1.82) is 5.26 Å². The zero-order valence-electron chi connectivity index (χ0n) is 16.2. The molecule has 8 nitrogen and oxygen atoms in total. The molecule has 3 amide bonds. The van der Waals surface area contributed by atoms with Gasteiger partial charge in [-0.2, -0.15) is 5.26 Å². The largest absolute Gasteiger partial charge is 0.378 e. The summed E-state index contributed by atoms with van der Waals surface area (Å²) in [6.07, 6.45) is 3.76. The van der Waals surface area contributed by atoms with E-state index in [1.807, 2.05) is 9.80 Å². The first kappa shape index (κ1) is 21.2. The van der Waals surface area contributed by atoms with Gasteiger partial charge in [-0.05, 0) is 37.5 Å². The lowest BCUT2D eigenvalue weighted by Crippen LogP contribution is -2.48. The van der Waals surface area contributed by atoms with Gasteiger partial charge in [0.05, 0.1) is 25.8 Å². The Bertz CT molecular complexity index is 607. The molecular formula is C19H30ClN5O3. The van der Waals surface area contributed by atoms with E-state index in [1.54, 1.807) is 4.90 Å². The summed E-state index contributed by atoms with van der Waals surface area (Å²) in [5.74, 6) is 1.10. The number of hydrogen-bond acceptors (Lipinski definition) is 5. The highest BCUT2D eigenvalue weighted by molar-refractivity contribution is 5.85. The third kappa shape index (κ3) is 4.37. The number of rotatable bonds is 3. The first-order valence-corrected chi connectivity index (χ1v) is 10.2. The summed E-state index contributed by atoms with van der Waals surface area (Å²) in [6, 6.07) is 2.47. The van der Waals surface area contributed by atoms with Crippen LogP contribution >= 0.6 is 12.4 Å². The van der Waals surface area contributed by atoms with Gasteiger partial charge in [0.2, 0.25) is 5.91 Å². The molecule has 4 atom stereocenters. The second-order valence-corrected chi connectivity index (χ2v) is 8.23. The molecule has 0 bridgehead atoms. The Balaban J connectivity index is 0.00000225. The normalized spacial score (nSPS) is 32.0. The number of carbonyl (C=O) groups excluding carboxylic acids is 2. The van der Waals surface area contributed by atoms with Gasteiger partial charge in [0.15, 0.2) is 0 Å². The number of morpholine rings is 1. The van der Waals surface area contributed by atoms with Crippen molar-refractivity contribution < 1.29 is 14.3 Å². The van der Waals surface area contributed by atoms with Gasteiger partial charge < -0.3 is 24.8 Å². The molecule has 4 aliphatic rings. The first-order chi connectivity index (χ1) is 13.2. The summed E-state index contributed by atoms with van der Waals surface area (Å²) in [5, 5.41) is 12.5. The van der Waals surface area contributed by atoms with E-state index < -0.39 is 0 Å². The average Bonchev–Trinajstić information content (AvgIpc) is 3.40. The molecule has 0 aromatic rings. The monoisotopic (exact) mass is 411 g/mol. The van der Waals surface area contributed by atoms with Crippen LogP contribution in [0.1, 0.15) is 25.7 Å². The van der Waals surface area contributed by atoms with Crippen LogP contribution in [0.5, 0.6) is 0 Å². The van der Waals surface area contributed by atoms with Crippen molar-refractivity contribution in [3.8, 4) is 6.07 Å². The predicted molar refractivity (Wildman–Crippen MR) is 105 cm³/mol. The molecule has 0 aromatic heterocycles. The maximum Gasteiger partial charge on any atom is 0.320 e.